The summed E-state index contributed by atoms with van der Waals surface area (Å²) in [5.41, 5.74) is 3.29. The highest BCUT2D eigenvalue weighted by atomic mass is 79.9. The largest absolute Gasteiger partial charge is 0.472 e. The fourth-order valence-corrected chi connectivity index (χ4v) is 1.67. The van der Waals surface area contributed by atoms with Gasteiger partial charge in [0.15, 0.2) is 0 Å². The molecule has 4 heteroatoms. The van der Waals surface area contributed by atoms with Crippen LogP contribution < -0.4 is 0 Å². The molecule has 0 fully saturated rings. The number of aryl methyl sites for hydroxylation is 1. The Morgan fingerprint density at radius 3 is 2.79 bits per heavy atom. The maximum absolute atomic E-state index is 5.01. The summed E-state index contributed by atoms with van der Waals surface area (Å²) in [5, 5.41) is 4.41. The Balaban J connectivity index is 2.30. The summed E-state index contributed by atoms with van der Waals surface area (Å²) in [6.07, 6.45) is 3.42. The zero-order valence-electron chi connectivity index (χ0n) is 8.12. The summed E-state index contributed by atoms with van der Waals surface area (Å²) < 4.78 is 8.06. The van der Waals surface area contributed by atoms with E-state index in [0.29, 0.717) is 0 Å². The van der Waals surface area contributed by atoms with Crippen LogP contribution in [0.1, 0.15) is 17.0 Å². The minimum atomic E-state index is 0.759. The maximum atomic E-state index is 5.01. The highest BCUT2D eigenvalue weighted by Crippen LogP contribution is 2.20. The molecule has 0 aromatic carbocycles. The minimum absolute atomic E-state index is 0.759. The lowest BCUT2D eigenvalue weighted by Crippen LogP contribution is -2.02. The zero-order chi connectivity index (χ0) is 10.1. The van der Waals surface area contributed by atoms with E-state index in [1.807, 2.05) is 24.6 Å². The molecule has 0 bridgehead atoms. The van der Waals surface area contributed by atoms with E-state index in [1.165, 1.54) is 0 Å². The van der Waals surface area contributed by atoms with E-state index >= 15 is 0 Å². The van der Waals surface area contributed by atoms with Gasteiger partial charge in [-0.3, -0.25) is 4.68 Å². The van der Waals surface area contributed by atoms with E-state index in [4.69, 9.17) is 4.42 Å². The van der Waals surface area contributed by atoms with Crippen molar-refractivity contribution in [3.63, 3.8) is 0 Å². The standard InChI is InChI=1S/C10H11BrN2O/c1-7-10(11)8(2)13(12-7)5-9-3-4-14-6-9/h3-4,6H,5H2,1-2H3. The van der Waals surface area contributed by atoms with Gasteiger partial charge < -0.3 is 4.42 Å². The third kappa shape index (κ3) is 1.62. The normalized spacial score (nSPS) is 10.8. The van der Waals surface area contributed by atoms with Crippen molar-refractivity contribution in [2.75, 3.05) is 0 Å². The Bertz CT molecular complexity index is 431. The number of furan rings is 1. The van der Waals surface area contributed by atoms with Gasteiger partial charge in [-0.15, -0.1) is 0 Å². The fourth-order valence-electron chi connectivity index (χ4n) is 1.38. The summed E-state index contributed by atoms with van der Waals surface area (Å²) in [6, 6.07) is 1.95. The van der Waals surface area contributed by atoms with Crippen molar-refractivity contribution in [2.45, 2.75) is 20.4 Å². The molecule has 0 aliphatic heterocycles. The molecule has 0 N–H and O–H groups in total. The van der Waals surface area contributed by atoms with Gasteiger partial charge in [-0.1, -0.05) is 0 Å². The predicted molar refractivity (Wildman–Crippen MR) is 57.2 cm³/mol. The Kier molecular flexibility index (Phi) is 2.46. The lowest BCUT2D eigenvalue weighted by Gasteiger charge is -2.00. The van der Waals surface area contributed by atoms with Gasteiger partial charge in [0, 0.05) is 5.56 Å². The van der Waals surface area contributed by atoms with Crippen LogP contribution in [0.3, 0.4) is 0 Å². The van der Waals surface area contributed by atoms with Crippen LogP contribution >= 0.6 is 15.9 Å². The quantitative estimate of drug-likeness (QED) is 0.826. The molecule has 0 unspecified atom stereocenters. The van der Waals surface area contributed by atoms with Gasteiger partial charge in [0.2, 0.25) is 0 Å². The highest BCUT2D eigenvalue weighted by molar-refractivity contribution is 9.10. The Morgan fingerprint density at radius 1 is 1.50 bits per heavy atom. The van der Waals surface area contributed by atoms with Crippen LogP contribution in [0.5, 0.6) is 0 Å². The molecule has 0 saturated heterocycles. The molecule has 0 saturated carbocycles. The highest BCUT2D eigenvalue weighted by Gasteiger charge is 2.08. The van der Waals surface area contributed by atoms with Gasteiger partial charge in [-0.05, 0) is 35.8 Å². The Labute approximate surface area is 90.9 Å². The van der Waals surface area contributed by atoms with E-state index in [-0.39, 0.29) is 0 Å². The topological polar surface area (TPSA) is 31.0 Å². The smallest absolute Gasteiger partial charge is 0.0953 e. The molecule has 2 aromatic heterocycles. The van der Waals surface area contributed by atoms with Crippen molar-refractivity contribution in [3.8, 4) is 0 Å². The minimum Gasteiger partial charge on any atom is -0.472 e. The monoisotopic (exact) mass is 254 g/mol. The van der Waals surface area contributed by atoms with Crippen LogP contribution in [-0.4, -0.2) is 9.78 Å². The summed E-state index contributed by atoms with van der Waals surface area (Å²) in [6.45, 7) is 4.79. The van der Waals surface area contributed by atoms with Crippen molar-refractivity contribution in [1.82, 2.24) is 9.78 Å². The second-order valence-electron chi connectivity index (χ2n) is 3.27. The molecular formula is C10H11BrN2O. The number of halogens is 1. The number of nitrogens with zero attached hydrogens (tertiary/aromatic N) is 2. The molecule has 0 atom stereocenters. The lowest BCUT2D eigenvalue weighted by atomic mass is 10.3. The first-order valence-electron chi connectivity index (χ1n) is 4.39. The van der Waals surface area contributed by atoms with Gasteiger partial charge in [-0.25, -0.2) is 0 Å². The van der Waals surface area contributed by atoms with Crippen molar-refractivity contribution in [3.05, 3.63) is 40.0 Å². The van der Waals surface area contributed by atoms with Crippen LogP contribution in [0.2, 0.25) is 0 Å². The van der Waals surface area contributed by atoms with Crippen LogP contribution in [0.15, 0.2) is 27.5 Å². The van der Waals surface area contributed by atoms with Crippen molar-refractivity contribution < 1.29 is 4.42 Å². The average molecular weight is 255 g/mol. The first-order valence-corrected chi connectivity index (χ1v) is 5.18. The molecular weight excluding hydrogens is 244 g/mol. The third-order valence-electron chi connectivity index (χ3n) is 2.21. The summed E-state index contributed by atoms with van der Waals surface area (Å²) >= 11 is 3.50. The van der Waals surface area contributed by atoms with E-state index < -0.39 is 0 Å². The molecule has 2 aromatic rings. The first-order chi connectivity index (χ1) is 6.68. The maximum Gasteiger partial charge on any atom is 0.0953 e. The van der Waals surface area contributed by atoms with E-state index in [0.717, 1.165) is 28.0 Å². The second kappa shape index (κ2) is 3.61. The third-order valence-corrected chi connectivity index (χ3v) is 3.35. The molecule has 2 heterocycles. The molecule has 2 rings (SSSR count). The summed E-state index contributed by atoms with van der Waals surface area (Å²) in [4.78, 5) is 0. The Hall–Kier alpha value is -1.03. The van der Waals surface area contributed by atoms with Gasteiger partial charge in [-0.2, -0.15) is 5.10 Å². The summed E-state index contributed by atoms with van der Waals surface area (Å²) in [7, 11) is 0. The van der Waals surface area contributed by atoms with Crippen LogP contribution in [-0.2, 0) is 6.54 Å². The van der Waals surface area contributed by atoms with Gasteiger partial charge in [0.25, 0.3) is 0 Å². The number of hydrogen-bond donors (Lipinski definition) is 0. The van der Waals surface area contributed by atoms with Gasteiger partial charge in [0.05, 0.1) is 34.9 Å². The second-order valence-corrected chi connectivity index (χ2v) is 4.07. The van der Waals surface area contributed by atoms with Crippen LogP contribution in [0.4, 0.5) is 0 Å². The molecule has 14 heavy (non-hydrogen) atoms. The average Bonchev–Trinajstić information content (AvgIpc) is 2.73. The van der Waals surface area contributed by atoms with E-state index in [1.54, 1.807) is 12.5 Å². The first kappa shape index (κ1) is 9.52. The number of aromatic nitrogens is 2. The summed E-state index contributed by atoms with van der Waals surface area (Å²) in [5.74, 6) is 0. The van der Waals surface area contributed by atoms with Gasteiger partial charge >= 0.3 is 0 Å². The molecule has 3 nitrogen and oxygen atoms in total. The lowest BCUT2D eigenvalue weighted by molar-refractivity contribution is 0.558. The molecule has 74 valence electrons. The fraction of sp³-hybridized carbons (Fsp3) is 0.300. The molecule has 0 spiro atoms. The van der Waals surface area contributed by atoms with Crippen molar-refractivity contribution in [2.24, 2.45) is 0 Å². The SMILES string of the molecule is Cc1nn(Cc2ccoc2)c(C)c1Br. The zero-order valence-corrected chi connectivity index (χ0v) is 9.71. The van der Waals surface area contributed by atoms with Crippen LogP contribution in [0, 0.1) is 13.8 Å². The Morgan fingerprint density at radius 2 is 2.29 bits per heavy atom. The van der Waals surface area contributed by atoms with E-state index in [9.17, 15) is 0 Å². The van der Waals surface area contributed by atoms with Crippen molar-refractivity contribution in [1.29, 1.82) is 0 Å². The number of rotatable bonds is 2. The van der Waals surface area contributed by atoms with E-state index in [2.05, 4.69) is 21.0 Å². The van der Waals surface area contributed by atoms with Crippen molar-refractivity contribution >= 4 is 15.9 Å². The molecule has 0 aliphatic rings. The predicted octanol–water partition coefficient (Wildman–Crippen LogP) is 2.90. The number of hydrogen-bond acceptors (Lipinski definition) is 2. The molecule has 0 aliphatic carbocycles. The molecule has 0 amide bonds. The van der Waals surface area contributed by atoms with Gasteiger partial charge in [0.1, 0.15) is 0 Å². The molecule has 0 radical (unpaired) electrons. The van der Waals surface area contributed by atoms with Crippen LogP contribution in [0.25, 0.3) is 0 Å².